The van der Waals surface area contributed by atoms with E-state index >= 15 is 0 Å². The van der Waals surface area contributed by atoms with Crippen LogP contribution in [-0.2, 0) is 21.5 Å². The van der Waals surface area contributed by atoms with Crippen LogP contribution in [0, 0.1) is 18.7 Å². The lowest BCUT2D eigenvalue weighted by Gasteiger charge is -2.17. The summed E-state index contributed by atoms with van der Waals surface area (Å²) in [5.74, 6) is -0.366. The fourth-order valence-electron chi connectivity index (χ4n) is 2.99. The molecule has 3 rings (SSSR count). The molecule has 0 spiro atoms. The van der Waals surface area contributed by atoms with E-state index in [1.165, 1.54) is 11.0 Å². The van der Waals surface area contributed by atoms with E-state index in [4.69, 9.17) is 4.42 Å². The van der Waals surface area contributed by atoms with Gasteiger partial charge in [-0.05, 0) is 24.6 Å². The van der Waals surface area contributed by atoms with E-state index in [2.05, 4.69) is 10.3 Å². The Bertz CT molecular complexity index is 870. The number of nitrogens with one attached hydrogen (secondary N) is 1. The molecule has 2 aromatic rings. The van der Waals surface area contributed by atoms with Gasteiger partial charge in [-0.15, -0.1) is 0 Å². The predicted molar refractivity (Wildman–Crippen MR) is 98.6 cm³/mol. The monoisotopic (exact) mass is 373 g/mol. The molecule has 0 aliphatic carbocycles. The Hall–Kier alpha value is -2.70. The highest BCUT2D eigenvalue weighted by atomic mass is 19.1. The number of amides is 2. The Balaban J connectivity index is 1.61. The number of carbonyl (C=O) groups is 2. The maximum absolute atomic E-state index is 14.2. The second kappa shape index (κ2) is 7.13. The third kappa shape index (κ3) is 4.18. The van der Waals surface area contributed by atoms with E-state index in [0.29, 0.717) is 5.89 Å². The second-order valence-electron chi connectivity index (χ2n) is 7.95. The van der Waals surface area contributed by atoms with Gasteiger partial charge < -0.3 is 14.6 Å². The predicted octanol–water partition coefficient (Wildman–Crippen LogP) is 3.09. The van der Waals surface area contributed by atoms with Crippen molar-refractivity contribution in [1.29, 1.82) is 0 Å². The Labute approximate surface area is 157 Å². The van der Waals surface area contributed by atoms with E-state index in [9.17, 15) is 14.0 Å². The Morgan fingerprint density at radius 1 is 1.41 bits per heavy atom. The number of carbonyl (C=O) groups excluding carboxylic acids is 2. The van der Waals surface area contributed by atoms with Crippen molar-refractivity contribution < 1.29 is 18.4 Å². The van der Waals surface area contributed by atoms with Gasteiger partial charge in [0.2, 0.25) is 17.7 Å². The molecule has 1 fully saturated rings. The lowest BCUT2D eigenvalue weighted by atomic mass is 9.94. The Morgan fingerprint density at radius 3 is 2.78 bits per heavy atom. The summed E-state index contributed by atoms with van der Waals surface area (Å²) in [5, 5.41) is 2.75. The van der Waals surface area contributed by atoms with E-state index in [1.807, 2.05) is 20.8 Å². The molecule has 1 saturated heterocycles. The standard InChI is InChI=1S/C20H24FN3O3/c1-12-5-6-15(14(21)7-12)24-11-13(8-18(24)25)19(26)23-10-17-22-9-16(27-17)20(2,3)4/h5-7,9,13H,8,10-11H2,1-4H3,(H,23,26)/t13-/m0/s1. The summed E-state index contributed by atoms with van der Waals surface area (Å²) in [7, 11) is 0. The summed E-state index contributed by atoms with van der Waals surface area (Å²) in [6, 6.07) is 4.70. The van der Waals surface area contributed by atoms with Crippen LogP contribution in [0.2, 0.25) is 0 Å². The van der Waals surface area contributed by atoms with Gasteiger partial charge >= 0.3 is 0 Å². The molecule has 2 heterocycles. The molecule has 7 heteroatoms. The second-order valence-corrected chi connectivity index (χ2v) is 7.95. The molecule has 144 valence electrons. The molecular weight excluding hydrogens is 349 g/mol. The van der Waals surface area contributed by atoms with E-state index in [-0.39, 0.29) is 42.4 Å². The third-order valence-electron chi connectivity index (χ3n) is 4.60. The van der Waals surface area contributed by atoms with Gasteiger partial charge in [-0.25, -0.2) is 9.37 Å². The maximum Gasteiger partial charge on any atom is 0.227 e. The number of benzene rings is 1. The highest BCUT2D eigenvalue weighted by molar-refractivity contribution is 6.00. The van der Waals surface area contributed by atoms with Gasteiger partial charge in [0.05, 0.1) is 24.3 Å². The molecule has 0 radical (unpaired) electrons. The average Bonchev–Trinajstić information content (AvgIpc) is 3.19. The molecule has 27 heavy (non-hydrogen) atoms. The number of oxazole rings is 1. The minimum Gasteiger partial charge on any atom is -0.443 e. The summed E-state index contributed by atoms with van der Waals surface area (Å²) < 4.78 is 19.8. The van der Waals surface area contributed by atoms with Crippen LogP contribution in [0.4, 0.5) is 10.1 Å². The molecule has 1 aromatic heterocycles. The van der Waals surface area contributed by atoms with Crippen LogP contribution in [0.25, 0.3) is 0 Å². The van der Waals surface area contributed by atoms with Crippen molar-refractivity contribution in [3.63, 3.8) is 0 Å². The van der Waals surface area contributed by atoms with Gasteiger partial charge in [-0.1, -0.05) is 26.8 Å². The van der Waals surface area contributed by atoms with Crippen LogP contribution in [0.5, 0.6) is 0 Å². The van der Waals surface area contributed by atoms with Crippen molar-refractivity contribution in [1.82, 2.24) is 10.3 Å². The van der Waals surface area contributed by atoms with Crippen LogP contribution < -0.4 is 10.2 Å². The summed E-state index contributed by atoms with van der Waals surface area (Å²) in [4.78, 5) is 30.2. The summed E-state index contributed by atoms with van der Waals surface area (Å²) in [6.07, 6.45) is 1.71. The molecule has 1 N–H and O–H groups in total. The lowest BCUT2D eigenvalue weighted by Crippen LogP contribution is -2.33. The average molecular weight is 373 g/mol. The molecule has 0 unspecified atom stereocenters. The maximum atomic E-state index is 14.2. The molecule has 1 aliphatic heterocycles. The summed E-state index contributed by atoms with van der Waals surface area (Å²) in [5.41, 5.74) is 0.826. The number of hydrogen-bond donors (Lipinski definition) is 1. The van der Waals surface area contributed by atoms with Crippen molar-refractivity contribution in [3.05, 3.63) is 47.4 Å². The molecular formula is C20H24FN3O3. The number of halogens is 1. The minimum absolute atomic E-state index is 0.0535. The van der Waals surface area contributed by atoms with Gasteiger partial charge in [-0.3, -0.25) is 9.59 Å². The van der Waals surface area contributed by atoms with Crippen molar-refractivity contribution in [2.24, 2.45) is 5.92 Å². The Kier molecular flexibility index (Phi) is 5.04. The first kappa shape index (κ1) is 19.1. The van der Waals surface area contributed by atoms with Crippen molar-refractivity contribution in [2.45, 2.75) is 46.1 Å². The first-order chi connectivity index (χ1) is 12.6. The smallest absolute Gasteiger partial charge is 0.227 e. The third-order valence-corrected chi connectivity index (χ3v) is 4.60. The largest absolute Gasteiger partial charge is 0.443 e. The normalized spacial score (nSPS) is 17.4. The van der Waals surface area contributed by atoms with Crippen LogP contribution in [0.1, 0.15) is 44.4 Å². The van der Waals surface area contributed by atoms with Gasteiger partial charge in [0, 0.05) is 18.4 Å². The number of nitrogens with zero attached hydrogens (tertiary/aromatic N) is 2. The van der Waals surface area contributed by atoms with E-state index in [1.54, 1.807) is 25.3 Å². The van der Waals surface area contributed by atoms with Crippen molar-refractivity contribution in [2.75, 3.05) is 11.4 Å². The van der Waals surface area contributed by atoms with E-state index in [0.717, 1.165) is 11.3 Å². The molecule has 1 atom stereocenters. The number of aromatic nitrogens is 1. The Morgan fingerprint density at radius 2 is 2.15 bits per heavy atom. The highest BCUT2D eigenvalue weighted by Crippen LogP contribution is 2.28. The van der Waals surface area contributed by atoms with Gasteiger partial charge in [0.15, 0.2) is 0 Å². The van der Waals surface area contributed by atoms with E-state index < -0.39 is 11.7 Å². The fraction of sp³-hybridized carbons (Fsp3) is 0.450. The number of anilines is 1. The van der Waals surface area contributed by atoms with Crippen LogP contribution in [-0.4, -0.2) is 23.3 Å². The molecule has 0 saturated carbocycles. The fourth-order valence-corrected chi connectivity index (χ4v) is 2.99. The first-order valence-corrected chi connectivity index (χ1v) is 8.94. The highest BCUT2D eigenvalue weighted by Gasteiger charge is 2.36. The molecule has 1 aliphatic rings. The van der Waals surface area contributed by atoms with Gasteiger partial charge in [0.25, 0.3) is 0 Å². The van der Waals surface area contributed by atoms with Crippen molar-refractivity contribution in [3.8, 4) is 0 Å². The zero-order valence-corrected chi connectivity index (χ0v) is 16.0. The minimum atomic E-state index is -0.532. The molecule has 1 aromatic carbocycles. The molecule has 2 amide bonds. The van der Waals surface area contributed by atoms with Crippen LogP contribution in [0.3, 0.4) is 0 Å². The topological polar surface area (TPSA) is 75.4 Å². The lowest BCUT2D eigenvalue weighted by molar-refractivity contribution is -0.126. The first-order valence-electron chi connectivity index (χ1n) is 8.94. The summed E-state index contributed by atoms with van der Waals surface area (Å²) >= 11 is 0. The molecule has 0 bridgehead atoms. The number of aryl methyl sites for hydroxylation is 1. The van der Waals surface area contributed by atoms with Crippen LogP contribution >= 0.6 is 0 Å². The zero-order valence-electron chi connectivity index (χ0n) is 16.0. The zero-order chi connectivity index (χ0) is 19.8. The quantitative estimate of drug-likeness (QED) is 0.894. The summed E-state index contributed by atoms with van der Waals surface area (Å²) in [6.45, 7) is 8.13. The van der Waals surface area contributed by atoms with Gasteiger partial charge in [-0.2, -0.15) is 0 Å². The SMILES string of the molecule is Cc1ccc(N2C[C@@H](C(=O)NCc3ncc(C(C)(C)C)o3)CC2=O)c(F)c1. The van der Waals surface area contributed by atoms with Crippen molar-refractivity contribution >= 4 is 17.5 Å². The number of rotatable bonds is 4. The molecule has 6 nitrogen and oxygen atoms in total. The van der Waals surface area contributed by atoms with Crippen LogP contribution in [0.15, 0.2) is 28.8 Å². The number of hydrogen-bond acceptors (Lipinski definition) is 4. The van der Waals surface area contributed by atoms with Gasteiger partial charge in [0.1, 0.15) is 11.6 Å².